The standard InChI is InChI=1S/C15H17FN2/c1-10-6-13(9-18-8-10)15(3,17)12-5-4-11(2)14(16)7-12/h4-9H,17H2,1-3H3. The number of benzene rings is 1. The van der Waals surface area contributed by atoms with Crippen molar-refractivity contribution in [2.45, 2.75) is 26.3 Å². The van der Waals surface area contributed by atoms with E-state index in [0.29, 0.717) is 5.56 Å². The maximum atomic E-state index is 13.6. The van der Waals surface area contributed by atoms with Crippen molar-refractivity contribution in [2.75, 3.05) is 0 Å². The number of hydrogen-bond acceptors (Lipinski definition) is 2. The molecule has 0 spiro atoms. The molecule has 1 aromatic heterocycles. The third-order valence-electron chi connectivity index (χ3n) is 3.25. The Hall–Kier alpha value is -1.74. The minimum Gasteiger partial charge on any atom is -0.318 e. The van der Waals surface area contributed by atoms with Gasteiger partial charge in [-0.1, -0.05) is 18.2 Å². The molecule has 1 aromatic carbocycles. The van der Waals surface area contributed by atoms with Gasteiger partial charge in [-0.15, -0.1) is 0 Å². The molecule has 1 atom stereocenters. The van der Waals surface area contributed by atoms with Gasteiger partial charge in [-0.25, -0.2) is 4.39 Å². The van der Waals surface area contributed by atoms with Crippen LogP contribution in [0.4, 0.5) is 4.39 Å². The van der Waals surface area contributed by atoms with Crippen molar-refractivity contribution >= 4 is 0 Å². The lowest BCUT2D eigenvalue weighted by atomic mass is 9.86. The van der Waals surface area contributed by atoms with Crippen LogP contribution in [-0.4, -0.2) is 4.98 Å². The monoisotopic (exact) mass is 244 g/mol. The Morgan fingerprint density at radius 3 is 2.44 bits per heavy atom. The zero-order chi connectivity index (χ0) is 13.3. The van der Waals surface area contributed by atoms with Crippen molar-refractivity contribution in [3.63, 3.8) is 0 Å². The summed E-state index contributed by atoms with van der Waals surface area (Å²) in [6.07, 6.45) is 3.50. The van der Waals surface area contributed by atoms with Crippen molar-refractivity contribution in [2.24, 2.45) is 5.73 Å². The summed E-state index contributed by atoms with van der Waals surface area (Å²) in [5.74, 6) is -0.232. The van der Waals surface area contributed by atoms with E-state index in [1.165, 1.54) is 6.07 Å². The van der Waals surface area contributed by atoms with E-state index in [1.807, 2.05) is 26.0 Å². The van der Waals surface area contributed by atoms with Gasteiger partial charge in [0.2, 0.25) is 0 Å². The van der Waals surface area contributed by atoms with Gasteiger partial charge in [0.25, 0.3) is 0 Å². The topological polar surface area (TPSA) is 38.9 Å². The molecule has 0 bridgehead atoms. The van der Waals surface area contributed by atoms with E-state index in [9.17, 15) is 4.39 Å². The quantitative estimate of drug-likeness (QED) is 0.881. The number of halogens is 1. The Kier molecular flexibility index (Phi) is 3.18. The van der Waals surface area contributed by atoms with Crippen LogP contribution in [0, 0.1) is 19.7 Å². The fourth-order valence-electron chi connectivity index (χ4n) is 1.92. The molecule has 0 amide bonds. The van der Waals surface area contributed by atoms with Crippen LogP contribution in [0.1, 0.15) is 29.2 Å². The SMILES string of the molecule is Cc1cncc(C(C)(N)c2ccc(C)c(F)c2)c1. The first-order chi connectivity index (χ1) is 8.41. The van der Waals surface area contributed by atoms with Gasteiger partial charge < -0.3 is 5.73 Å². The Labute approximate surface area is 107 Å². The Bertz CT molecular complexity index is 576. The third-order valence-corrected chi connectivity index (χ3v) is 3.25. The molecule has 0 saturated heterocycles. The lowest BCUT2D eigenvalue weighted by Crippen LogP contribution is -2.34. The number of pyridine rings is 1. The highest BCUT2D eigenvalue weighted by Gasteiger charge is 2.24. The largest absolute Gasteiger partial charge is 0.318 e. The fraction of sp³-hybridized carbons (Fsp3) is 0.267. The van der Waals surface area contributed by atoms with Gasteiger partial charge in [0.1, 0.15) is 5.82 Å². The van der Waals surface area contributed by atoms with E-state index in [1.54, 1.807) is 25.4 Å². The molecule has 2 nitrogen and oxygen atoms in total. The molecule has 2 N–H and O–H groups in total. The summed E-state index contributed by atoms with van der Waals surface area (Å²) in [6, 6.07) is 7.09. The van der Waals surface area contributed by atoms with Gasteiger partial charge in [-0.3, -0.25) is 4.98 Å². The Balaban J connectivity index is 2.50. The molecule has 2 rings (SSSR count). The number of nitrogens with zero attached hydrogens (tertiary/aromatic N) is 1. The average Bonchev–Trinajstić information content (AvgIpc) is 2.32. The van der Waals surface area contributed by atoms with Gasteiger partial charge in [-0.2, -0.15) is 0 Å². The highest BCUT2D eigenvalue weighted by Crippen LogP contribution is 2.27. The highest BCUT2D eigenvalue weighted by atomic mass is 19.1. The lowest BCUT2D eigenvalue weighted by molar-refractivity contribution is 0.575. The second-order valence-electron chi connectivity index (χ2n) is 4.92. The molecule has 0 aliphatic carbocycles. The van der Waals surface area contributed by atoms with Crippen molar-refractivity contribution in [3.8, 4) is 0 Å². The zero-order valence-corrected chi connectivity index (χ0v) is 10.9. The van der Waals surface area contributed by atoms with E-state index in [4.69, 9.17) is 5.73 Å². The summed E-state index contributed by atoms with van der Waals surface area (Å²) < 4.78 is 13.6. The van der Waals surface area contributed by atoms with Crippen molar-refractivity contribution in [3.05, 3.63) is 64.7 Å². The van der Waals surface area contributed by atoms with E-state index in [2.05, 4.69) is 4.98 Å². The van der Waals surface area contributed by atoms with E-state index in [0.717, 1.165) is 16.7 Å². The molecule has 0 aliphatic rings. The molecule has 1 unspecified atom stereocenters. The third kappa shape index (κ3) is 2.27. The summed E-state index contributed by atoms with van der Waals surface area (Å²) in [6.45, 7) is 5.57. The summed E-state index contributed by atoms with van der Waals surface area (Å²) in [5.41, 5.74) is 8.89. The van der Waals surface area contributed by atoms with Crippen LogP contribution in [0.15, 0.2) is 36.7 Å². The van der Waals surface area contributed by atoms with Crippen LogP contribution in [0.5, 0.6) is 0 Å². The first-order valence-corrected chi connectivity index (χ1v) is 5.89. The molecular formula is C15H17FN2. The molecule has 0 fully saturated rings. The van der Waals surface area contributed by atoms with Gasteiger partial charge in [0.05, 0.1) is 5.54 Å². The van der Waals surface area contributed by atoms with Crippen LogP contribution in [0.25, 0.3) is 0 Å². The van der Waals surface area contributed by atoms with Crippen molar-refractivity contribution in [1.82, 2.24) is 4.98 Å². The number of aromatic nitrogens is 1. The van der Waals surface area contributed by atoms with Crippen molar-refractivity contribution < 1.29 is 4.39 Å². The number of hydrogen-bond donors (Lipinski definition) is 1. The normalized spacial score (nSPS) is 14.3. The van der Waals surface area contributed by atoms with Crippen LogP contribution in [0.2, 0.25) is 0 Å². The predicted molar refractivity (Wildman–Crippen MR) is 70.8 cm³/mol. The van der Waals surface area contributed by atoms with Crippen molar-refractivity contribution in [1.29, 1.82) is 0 Å². The summed E-state index contributed by atoms with van der Waals surface area (Å²) in [7, 11) is 0. The number of nitrogens with two attached hydrogens (primary N) is 1. The average molecular weight is 244 g/mol. The second-order valence-corrected chi connectivity index (χ2v) is 4.92. The number of aryl methyl sites for hydroxylation is 2. The lowest BCUT2D eigenvalue weighted by Gasteiger charge is -2.26. The van der Waals surface area contributed by atoms with Crippen LogP contribution in [0.3, 0.4) is 0 Å². The maximum absolute atomic E-state index is 13.6. The van der Waals surface area contributed by atoms with Crippen LogP contribution >= 0.6 is 0 Å². The minimum atomic E-state index is -0.742. The smallest absolute Gasteiger partial charge is 0.126 e. The predicted octanol–water partition coefficient (Wildman–Crippen LogP) is 3.06. The zero-order valence-electron chi connectivity index (χ0n) is 10.9. The molecule has 0 saturated carbocycles. The first kappa shape index (κ1) is 12.7. The molecule has 3 heteroatoms. The second kappa shape index (κ2) is 4.50. The van der Waals surface area contributed by atoms with E-state index >= 15 is 0 Å². The summed E-state index contributed by atoms with van der Waals surface area (Å²) >= 11 is 0. The van der Waals surface area contributed by atoms with Crippen LogP contribution in [-0.2, 0) is 5.54 Å². The molecule has 0 aliphatic heterocycles. The van der Waals surface area contributed by atoms with Gasteiger partial charge >= 0.3 is 0 Å². The minimum absolute atomic E-state index is 0.232. The molecule has 2 aromatic rings. The maximum Gasteiger partial charge on any atom is 0.126 e. The first-order valence-electron chi connectivity index (χ1n) is 5.89. The Morgan fingerprint density at radius 2 is 1.83 bits per heavy atom. The van der Waals surface area contributed by atoms with E-state index < -0.39 is 5.54 Å². The molecular weight excluding hydrogens is 227 g/mol. The molecule has 0 radical (unpaired) electrons. The van der Waals surface area contributed by atoms with Gasteiger partial charge in [0, 0.05) is 12.4 Å². The van der Waals surface area contributed by atoms with Crippen LogP contribution < -0.4 is 5.73 Å². The van der Waals surface area contributed by atoms with E-state index in [-0.39, 0.29) is 5.82 Å². The summed E-state index contributed by atoms with van der Waals surface area (Å²) in [4.78, 5) is 4.14. The molecule has 18 heavy (non-hydrogen) atoms. The highest BCUT2D eigenvalue weighted by molar-refractivity contribution is 5.38. The number of rotatable bonds is 2. The fourth-order valence-corrected chi connectivity index (χ4v) is 1.92. The molecule has 1 heterocycles. The van der Waals surface area contributed by atoms with Gasteiger partial charge in [-0.05, 0) is 49.1 Å². The molecule has 94 valence electrons. The Morgan fingerprint density at radius 1 is 1.11 bits per heavy atom. The van der Waals surface area contributed by atoms with Gasteiger partial charge in [0.15, 0.2) is 0 Å². The summed E-state index contributed by atoms with van der Waals surface area (Å²) in [5, 5.41) is 0.